The van der Waals surface area contributed by atoms with Crippen molar-refractivity contribution in [2.75, 3.05) is 0 Å². The van der Waals surface area contributed by atoms with E-state index in [1.165, 1.54) is 6.42 Å². The van der Waals surface area contributed by atoms with E-state index in [-0.39, 0.29) is 0 Å². The lowest BCUT2D eigenvalue weighted by Crippen LogP contribution is -2.08. The van der Waals surface area contributed by atoms with E-state index in [2.05, 4.69) is 33.8 Å². The summed E-state index contributed by atoms with van der Waals surface area (Å²) < 4.78 is 0. The van der Waals surface area contributed by atoms with Crippen LogP contribution in [0.5, 0.6) is 0 Å². The second-order valence-corrected chi connectivity index (χ2v) is 3.85. The molecule has 0 spiro atoms. The molecule has 0 aliphatic rings. The van der Waals surface area contributed by atoms with Gasteiger partial charge in [0.1, 0.15) is 0 Å². The fourth-order valence-corrected chi connectivity index (χ4v) is 0.696. The van der Waals surface area contributed by atoms with E-state index in [0.717, 1.165) is 18.5 Å². The van der Waals surface area contributed by atoms with Crippen molar-refractivity contribution in [2.24, 2.45) is 11.1 Å². The minimum Gasteiger partial charge on any atom is -0.402 e. The molecule has 0 aromatic rings. The fraction of sp³-hybridized carbons (Fsp3) is 0.800. The monoisotopic (exact) mass is 155 g/mol. The number of nitrogens with two attached hydrogens (primary N) is 1. The highest BCUT2D eigenvalue weighted by molar-refractivity contribution is 4.97. The number of hydrogen-bond donors (Lipinski definition) is 1. The first-order chi connectivity index (χ1) is 5.02. The molecule has 0 saturated heterocycles. The van der Waals surface area contributed by atoms with Gasteiger partial charge in [-0.05, 0) is 18.3 Å². The minimum absolute atomic E-state index is 0.416. The van der Waals surface area contributed by atoms with Gasteiger partial charge in [0.15, 0.2) is 0 Å². The van der Waals surface area contributed by atoms with Gasteiger partial charge in [0.05, 0.1) is 0 Å². The van der Waals surface area contributed by atoms with E-state index in [1.54, 1.807) is 0 Å². The van der Waals surface area contributed by atoms with E-state index in [9.17, 15) is 0 Å². The average molecular weight is 155 g/mol. The molecule has 0 atom stereocenters. The molecule has 0 aromatic heterocycles. The van der Waals surface area contributed by atoms with Crippen LogP contribution in [-0.2, 0) is 0 Å². The van der Waals surface area contributed by atoms with Crippen LogP contribution in [0.25, 0.3) is 0 Å². The molecule has 11 heavy (non-hydrogen) atoms. The van der Waals surface area contributed by atoms with Crippen molar-refractivity contribution < 1.29 is 0 Å². The summed E-state index contributed by atoms with van der Waals surface area (Å²) in [6.45, 7) is 8.85. The third-order valence-electron chi connectivity index (χ3n) is 2.28. The van der Waals surface area contributed by atoms with Gasteiger partial charge in [0, 0.05) is 5.70 Å². The predicted octanol–water partition coefficient (Wildman–Crippen LogP) is 3.07. The summed E-state index contributed by atoms with van der Waals surface area (Å²) in [7, 11) is 0. The summed E-state index contributed by atoms with van der Waals surface area (Å²) in [5.74, 6) is 0. The van der Waals surface area contributed by atoms with Gasteiger partial charge in [-0.3, -0.25) is 0 Å². The number of allylic oxidation sites excluding steroid dienone is 2. The van der Waals surface area contributed by atoms with Crippen LogP contribution in [0.4, 0.5) is 0 Å². The lowest BCUT2D eigenvalue weighted by atomic mass is 9.86. The highest BCUT2D eigenvalue weighted by atomic mass is 14.6. The standard InChI is InChI=1S/C10H21N/c1-5-9(11)7-8-10(3,4)6-2/h7H,5-6,8,11H2,1-4H3/b9-7-. The second-order valence-electron chi connectivity index (χ2n) is 3.85. The summed E-state index contributed by atoms with van der Waals surface area (Å²) in [6.07, 6.45) is 5.44. The quantitative estimate of drug-likeness (QED) is 0.663. The summed E-state index contributed by atoms with van der Waals surface area (Å²) in [4.78, 5) is 0. The van der Waals surface area contributed by atoms with Crippen LogP contribution in [0.2, 0.25) is 0 Å². The van der Waals surface area contributed by atoms with E-state index >= 15 is 0 Å². The summed E-state index contributed by atoms with van der Waals surface area (Å²) in [5, 5.41) is 0. The highest BCUT2D eigenvalue weighted by Gasteiger charge is 2.12. The van der Waals surface area contributed by atoms with Gasteiger partial charge < -0.3 is 5.73 Å². The van der Waals surface area contributed by atoms with Gasteiger partial charge in [-0.1, -0.05) is 40.2 Å². The van der Waals surface area contributed by atoms with Gasteiger partial charge >= 0.3 is 0 Å². The molecule has 0 rings (SSSR count). The summed E-state index contributed by atoms with van der Waals surface area (Å²) in [5.41, 5.74) is 7.13. The predicted molar refractivity (Wildman–Crippen MR) is 51.3 cm³/mol. The minimum atomic E-state index is 0.416. The first-order valence-electron chi connectivity index (χ1n) is 4.46. The Morgan fingerprint density at radius 2 is 1.91 bits per heavy atom. The van der Waals surface area contributed by atoms with Crippen molar-refractivity contribution in [3.05, 3.63) is 11.8 Å². The second kappa shape index (κ2) is 4.42. The maximum absolute atomic E-state index is 5.70. The zero-order chi connectivity index (χ0) is 8.91. The van der Waals surface area contributed by atoms with Crippen LogP contribution < -0.4 is 5.73 Å². The first-order valence-corrected chi connectivity index (χ1v) is 4.46. The van der Waals surface area contributed by atoms with Gasteiger partial charge in [-0.25, -0.2) is 0 Å². The fourth-order valence-electron chi connectivity index (χ4n) is 0.696. The molecule has 0 aliphatic heterocycles. The topological polar surface area (TPSA) is 26.0 Å². The van der Waals surface area contributed by atoms with Crippen molar-refractivity contribution in [2.45, 2.75) is 47.0 Å². The molecule has 0 aromatic carbocycles. The number of hydrogen-bond acceptors (Lipinski definition) is 1. The van der Waals surface area contributed by atoms with E-state index in [1.807, 2.05) is 0 Å². The molecule has 1 nitrogen and oxygen atoms in total. The van der Waals surface area contributed by atoms with Crippen molar-refractivity contribution in [1.29, 1.82) is 0 Å². The molecule has 66 valence electrons. The SMILES string of the molecule is CC/C(N)=C/CC(C)(C)CC. The zero-order valence-corrected chi connectivity index (χ0v) is 8.28. The molecule has 0 fully saturated rings. The lowest BCUT2D eigenvalue weighted by Gasteiger charge is -2.20. The van der Waals surface area contributed by atoms with Crippen LogP contribution >= 0.6 is 0 Å². The third-order valence-corrected chi connectivity index (χ3v) is 2.28. The van der Waals surface area contributed by atoms with Crippen molar-refractivity contribution in [3.8, 4) is 0 Å². The number of rotatable bonds is 4. The van der Waals surface area contributed by atoms with Crippen LogP contribution in [0.1, 0.15) is 47.0 Å². The van der Waals surface area contributed by atoms with Gasteiger partial charge in [-0.15, -0.1) is 0 Å². The molecule has 0 heterocycles. The Morgan fingerprint density at radius 1 is 1.36 bits per heavy atom. The molecule has 0 radical (unpaired) electrons. The normalized spacial score (nSPS) is 13.6. The van der Waals surface area contributed by atoms with Gasteiger partial charge in [0.25, 0.3) is 0 Å². The van der Waals surface area contributed by atoms with Crippen molar-refractivity contribution >= 4 is 0 Å². The Balaban J connectivity index is 3.86. The van der Waals surface area contributed by atoms with Gasteiger partial charge in [0.2, 0.25) is 0 Å². The lowest BCUT2D eigenvalue weighted by molar-refractivity contribution is 0.356. The van der Waals surface area contributed by atoms with Crippen LogP contribution in [-0.4, -0.2) is 0 Å². The Labute approximate surface area is 70.7 Å². The maximum Gasteiger partial charge on any atom is 0.00373 e. The van der Waals surface area contributed by atoms with E-state index in [0.29, 0.717) is 5.41 Å². The van der Waals surface area contributed by atoms with Crippen molar-refractivity contribution in [1.82, 2.24) is 0 Å². The maximum atomic E-state index is 5.70. The zero-order valence-electron chi connectivity index (χ0n) is 8.28. The van der Waals surface area contributed by atoms with Crippen LogP contribution in [0.3, 0.4) is 0 Å². The molecule has 1 heteroatoms. The Kier molecular flexibility index (Phi) is 4.24. The summed E-state index contributed by atoms with van der Waals surface area (Å²) >= 11 is 0. The van der Waals surface area contributed by atoms with E-state index in [4.69, 9.17) is 5.73 Å². The van der Waals surface area contributed by atoms with Crippen molar-refractivity contribution in [3.63, 3.8) is 0 Å². The third kappa shape index (κ3) is 4.88. The summed E-state index contributed by atoms with van der Waals surface area (Å²) in [6, 6.07) is 0. The smallest absolute Gasteiger partial charge is 0.00373 e. The van der Waals surface area contributed by atoms with Gasteiger partial charge in [-0.2, -0.15) is 0 Å². The highest BCUT2D eigenvalue weighted by Crippen LogP contribution is 2.25. The molecule has 0 bridgehead atoms. The molecular formula is C10H21N. The van der Waals surface area contributed by atoms with E-state index < -0.39 is 0 Å². The molecule has 2 N–H and O–H groups in total. The molecule has 0 unspecified atom stereocenters. The average Bonchev–Trinajstić information content (AvgIpc) is 2.00. The van der Waals surface area contributed by atoms with Crippen LogP contribution in [0.15, 0.2) is 11.8 Å². The Bertz CT molecular complexity index is 134. The first kappa shape index (κ1) is 10.5. The Morgan fingerprint density at radius 3 is 2.27 bits per heavy atom. The molecule has 0 saturated carbocycles. The molecule has 0 amide bonds. The Hall–Kier alpha value is -0.460. The molecule has 0 aliphatic carbocycles. The largest absolute Gasteiger partial charge is 0.402 e. The molecular weight excluding hydrogens is 134 g/mol. The van der Waals surface area contributed by atoms with Crippen LogP contribution in [0, 0.1) is 5.41 Å².